The number of carbonyl (C=O) groups is 1. The van der Waals surface area contributed by atoms with E-state index in [1.54, 1.807) is 0 Å². The molecule has 0 radical (unpaired) electrons. The van der Waals surface area contributed by atoms with Gasteiger partial charge in [0.1, 0.15) is 0 Å². The Balaban J connectivity index is 1.60. The van der Waals surface area contributed by atoms with Crippen molar-refractivity contribution < 1.29 is 9.53 Å². The monoisotopic (exact) mass is 218 g/mol. The Labute approximate surface area is 96.6 Å². The summed E-state index contributed by atoms with van der Waals surface area (Å²) >= 11 is 0. The zero-order chi connectivity index (χ0) is 11.2. The third kappa shape index (κ3) is 3.09. The first-order chi connectivity index (χ1) is 7.86. The van der Waals surface area contributed by atoms with Gasteiger partial charge in [-0.05, 0) is 31.2 Å². The summed E-state index contributed by atoms with van der Waals surface area (Å²) in [6.07, 6.45) is 5.14. The molecule has 0 aliphatic heterocycles. The molecule has 86 valence electrons. The Hall–Kier alpha value is -1.31. The van der Waals surface area contributed by atoms with E-state index in [1.165, 1.54) is 12.0 Å². The Morgan fingerprint density at radius 3 is 2.62 bits per heavy atom. The molecule has 0 unspecified atom stereocenters. The topological polar surface area (TPSA) is 26.3 Å². The lowest BCUT2D eigenvalue weighted by Crippen LogP contribution is -2.24. The van der Waals surface area contributed by atoms with Crippen molar-refractivity contribution in [1.29, 1.82) is 0 Å². The van der Waals surface area contributed by atoms with Crippen molar-refractivity contribution in [2.45, 2.75) is 32.1 Å². The Kier molecular flexibility index (Phi) is 3.97. The fourth-order valence-electron chi connectivity index (χ4n) is 1.86. The van der Waals surface area contributed by atoms with Crippen molar-refractivity contribution in [2.24, 2.45) is 5.92 Å². The fourth-order valence-corrected chi connectivity index (χ4v) is 1.86. The molecule has 16 heavy (non-hydrogen) atoms. The van der Waals surface area contributed by atoms with E-state index >= 15 is 0 Å². The molecule has 0 atom stereocenters. The van der Waals surface area contributed by atoms with Crippen LogP contribution in [0.5, 0.6) is 0 Å². The lowest BCUT2D eigenvalue weighted by molar-refractivity contribution is -0.151. The average molecular weight is 218 g/mol. The molecule has 1 saturated carbocycles. The van der Waals surface area contributed by atoms with Crippen molar-refractivity contribution in [2.75, 3.05) is 6.61 Å². The molecule has 1 aromatic carbocycles. The minimum Gasteiger partial charge on any atom is -0.465 e. The molecule has 1 aliphatic carbocycles. The number of benzene rings is 1. The van der Waals surface area contributed by atoms with Crippen LogP contribution in [0.2, 0.25) is 0 Å². The summed E-state index contributed by atoms with van der Waals surface area (Å²) in [5.74, 6) is 0.219. The summed E-state index contributed by atoms with van der Waals surface area (Å²) in [7, 11) is 0. The van der Waals surface area contributed by atoms with Gasteiger partial charge < -0.3 is 4.74 Å². The fraction of sp³-hybridized carbons (Fsp3) is 0.500. The molecule has 0 heterocycles. The smallest absolute Gasteiger partial charge is 0.308 e. The van der Waals surface area contributed by atoms with Gasteiger partial charge in [-0.15, -0.1) is 0 Å². The second-order valence-electron chi connectivity index (χ2n) is 4.38. The van der Waals surface area contributed by atoms with Crippen LogP contribution in [0.3, 0.4) is 0 Å². The molecule has 1 fully saturated rings. The second-order valence-corrected chi connectivity index (χ2v) is 4.38. The van der Waals surface area contributed by atoms with Crippen molar-refractivity contribution >= 4 is 5.97 Å². The molecule has 0 amide bonds. The van der Waals surface area contributed by atoms with E-state index in [0.29, 0.717) is 6.61 Å². The van der Waals surface area contributed by atoms with Crippen LogP contribution in [0.4, 0.5) is 0 Å². The average Bonchev–Trinajstić information content (AvgIpc) is 2.23. The summed E-state index contributed by atoms with van der Waals surface area (Å²) in [6, 6.07) is 10.3. The quantitative estimate of drug-likeness (QED) is 0.561. The lowest BCUT2D eigenvalue weighted by Gasteiger charge is -2.22. The van der Waals surface area contributed by atoms with Gasteiger partial charge in [0.2, 0.25) is 0 Å². The first-order valence-electron chi connectivity index (χ1n) is 6.07. The van der Waals surface area contributed by atoms with Crippen LogP contribution in [0, 0.1) is 5.92 Å². The van der Waals surface area contributed by atoms with Crippen LogP contribution < -0.4 is 0 Å². The summed E-state index contributed by atoms with van der Waals surface area (Å²) in [6.45, 7) is 0.560. The predicted octanol–water partition coefficient (Wildman–Crippen LogP) is 2.96. The van der Waals surface area contributed by atoms with Crippen LogP contribution >= 0.6 is 0 Å². The summed E-state index contributed by atoms with van der Waals surface area (Å²) in [5.41, 5.74) is 1.31. The van der Waals surface area contributed by atoms with Crippen LogP contribution in [-0.4, -0.2) is 12.6 Å². The first kappa shape index (κ1) is 11.2. The van der Waals surface area contributed by atoms with Crippen LogP contribution in [-0.2, 0) is 16.0 Å². The molecule has 0 aromatic heterocycles. The van der Waals surface area contributed by atoms with E-state index in [0.717, 1.165) is 25.7 Å². The van der Waals surface area contributed by atoms with Gasteiger partial charge in [-0.1, -0.05) is 36.8 Å². The number of esters is 1. The van der Waals surface area contributed by atoms with Gasteiger partial charge in [0.15, 0.2) is 0 Å². The highest BCUT2D eigenvalue weighted by Gasteiger charge is 2.26. The number of hydrogen-bond donors (Lipinski definition) is 0. The van der Waals surface area contributed by atoms with E-state index in [4.69, 9.17) is 4.74 Å². The van der Waals surface area contributed by atoms with Gasteiger partial charge in [-0.25, -0.2) is 0 Å². The van der Waals surface area contributed by atoms with Gasteiger partial charge in [0.05, 0.1) is 12.5 Å². The molecule has 1 aromatic rings. The van der Waals surface area contributed by atoms with Crippen molar-refractivity contribution in [3.8, 4) is 0 Å². The van der Waals surface area contributed by atoms with Gasteiger partial charge in [-0.3, -0.25) is 4.79 Å². The minimum atomic E-state index is 0.0133. The van der Waals surface area contributed by atoms with E-state index in [-0.39, 0.29) is 11.9 Å². The van der Waals surface area contributed by atoms with Gasteiger partial charge >= 0.3 is 5.97 Å². The number of rotatable bonds is 5. The molecule has 1 aliphatic rings. The number of aryl methyl sites for hydroxylation is 1. The van der Waals surface area contributed by atoms with Gasteiger partial charge in [-0.2, -0.15) is 0 Å². The maximum absolute atomic E-state index is 11.4. The maximum atomic E-state index is 11.4. The molecule has 2 heteroatoms. The van der Waals surface area contributed by atoms with Crippen LogP contribution in [0.1, 0.15) is 31.2 Å². The Bertz CT molecular complexity index is 328. The lowest BCUT2D eigenvalue weighted by atomic mass is 9.86. The summed E-state index contributed by atoms with van der Waals surface area (Å²) in [4.78, 5) is 11.4. The number of carbonyl (C=O) groups excluding carboxylic acids is 1. The zero-order valence-corrected chi connectivity index (χ0v) is 9.52. The predicted molar refractivity (Wildman–Crippen MR) is 63.1 cm³/mol. The largest absolute Gasteiger partial charge is 0.465 e. The molecule has 2 rings (SSSR count). The van der Waals surface area contributed by atoms with E-state index in [9.17, 15) is 4.79 Å². The third-order valence-electron chi connectivity index (χ3n) is 3.14. The van der Waals surface area contributed by atoms with E-state index < -0.39 is 0 Å². The van der Waals surface area contributed by atoms with Crippen molar-refractivity contribution in [3.63, 3.8) is 0 Å². The van der Waals surface area contributed by atoms with E-state index in [2.05, 4.69) is 12.1 Å². The molecule has 0 N–H and O–H groups in total. The molecule has 0 bridgehead atoms. The SMILES string of the molecule is O=C(OCCCc1ccccc1)C1CCC1. The molecular weight excluding hydrogens is 200 g/mol. The van der Waals surface area contributed by atoms with Crippen molar-refractivity contribution in [3.05, 3.63) is 35.9 Å². The number of hydrogen-bond acceptors (Lipinski definition) is 2. The normalized spacial score (nSPS) is 15.5. The number of ether oxygens (including phenoxy) is 1. The highest BCUT2D eigenvalue weighted by molar-refractivity contribution is 5.73. The van der Waals surface area contributed by atoms with Crippen LogP contribution in [0.15, 0.2) is 30.3 Å². The minimum absolute atomic E-state index is 0.0133. The summed E-state index contributed by atoms with van der Waals surface area (Å²) < 4.78 is 5.23. The first-order valence-corrected chi connectivity index (χ1v) is 6.07. The maximum Gasteiger partial charge on any atom is 0.308 e. The molecular formula is C14H18O2. The standard InChI is InChI=1S/C14H18O2/c15-14(13-9-4-10-13)16-11-5-8-12-6-2-1-3-7-12/h1-3,6-7,13H,4-5,8-11H2. The molecule has 0 saturated heterocycles. The Morgan fingerprint density at radius 2 is 2.00 bits per heavy atom. The highest BCUT2D eigenvalue weighted by Crippen LogP contribution is 2.27. The zero-order valence-electron chi connectivity index (χ0n) is 9.52. The summed E-state index contributed by atoms with van der Waals surface area (Å²) in [5, 5.41) is 0. The van der Waals surface area contributed by atoms with Gasteiger partial charge in [0.25, 0.3) is 0 Å². The second kappa shape index (κ2) is 5.69. The van der Waals surface area contributed by atoms with Crippen LogP contribution in [0.25, 0.3) is 0 Å². The Morgan fingerprint density at radius 1 is 1.25 bits per heavy atom. The van der Waals surface area contributed by atoms with E-state index in [1.807, 2.05) is 18.2 Å². The molecule has 0 spiro atoms. The highest BCUT2D eigenvalue weighted by atomic mass is 16.5. The van der Waals surface area contributed by atoms with Gasteiger partial charge in [0, 0.05) is 0 Å². The third-order valence-corrected chi connectivity index (χ3v) is 3.14. The van der Waals surface area contributed by atoms with Crippen molar-refractivity contribution in [1.82, 2.24) is 0 Å². The molecule has 2 nitrogen and oxygen atoms in total.